The molecular formula is C9H17FN2OS. The van der Waals surface area contributed by atoms with Gasteiger partial charge < -0.3 is 4.74 Å². The van der Waals surface area contributed by atoms with E-state index in [1.54, 1.807) is 0 Å². The van der Waals surface area contributed by atoms with Crippen molar-refractivity contribution >= 4 is 10.0 Å². The summed E-state index contributed by atoms with van der Waals surface area (Å²) in [5, 5.41) is 3.77. The van der Waals surface area contributed by atoms with Crippen molar-refractivity contribution in [3.63, 3.8) is 0 Å². The Hall–Kier alpha value is -0.550. The summed E-state index contributed by atoms with van der Waals surface area (Å²) < 4.78 is 19.4. The summed E-state index contributed by atoms with van der Waals surface area (Å²) in [6, 6.07) is 1.32. The lowest BCUT2D eigenvalue weighted by Crippen LogP contribution is -2.11. The largest absolute Gasteiger partial charge is 0.358 e. The zero-order valence-corrected chi connectivity index (χ0v) is 9.68. The average molecular weight is 220 g/mol. The Morgan fingerprint density at radius 3 is 2.71 bits per heavy atom. The van der Waals surface area contributed by atoms with Gasteiger partial charge in [0.25, 0.3) is 0 Å². The van der Waals surface area contributed by atoms with Gasteiger partial charge in [0.05, 0.1) is 12.8 Å². The predicted octanol–water partition coefficient (Wildman–Crippen LogP) is 1.69. The first-order valence-corrected chi connectivity index (χ1v) is 7.43. The molecule has 1 aromatic heterocycles. The van der Waals surface area contributed by atoms with Gasteiger partial charge in [0, 0.05) is 11.8 Å². The van der Waals surface area contributed by atoms with Crippen LogP contribution in [-0.2, 0) is 11.5 Å². The minimum absolute atomic E-state index is 0.203. The fourth-order valence-electron chi connectivity index (χ4n) is 0.871. The first-order valence-electron chi connectivity index (χ1n) is 4.40. The molecule has 0 N–H and O–H groups in total. The molecule has 0 fully saturated rings. The lowest BCUT2D eigenvalue weighted by Gasteiger charge is -2.24. The van der Waals surface area contributed by atoms with Gasteiger partial charge in [0.1, 0.15) is 6.73 Å². The Labute approximate surface area is 85.6 Å². The fourth-order valence-corrected chi connectivity index (χ4v) is 1.49. The van der Waals surface area contributed by atoms with Gasteiger partial charge in [-0.3, -0.25) is 0 Å². The topological polar surface area (TPSA) is 27.1 Å². The number of halogens is 1. The minimum atomic E-state index is -0.524. The number of nitrogens with zero attached hydrogens (tertiary/aromatic N) is 2. The number of rotatable bonds is 5. The second-order valence-corrected chi connectivity index (χ2v) is 8.58. The molecule has 1 aromatic rings. The van der Waals surface area contributed by atoms with E-state index < -0.39 is 10.0 Å². The summed E-state index contributed by atoms with van der Waals surface area (Å²) >= 11 is 0. The van der Waals surface area contributed by atoms with E-state index in [9.17, 15) is 4.39 Å². The predicted molar refractivity (Wildman–Crippen MR) is 58.4 cm³/mol. The molecule has 0 spiro atoms. The standard InChI is InChI=1S/C9H17FN2OS/c1-14(2,3)7-6-13-8-12-9(10)4-5-11-12/h4-5H,6-8H2,1-3H3. The molecule has 0 aliphatic carbocycles. The van der Waals surface area contributed by atoms with Crippen LogP contribution in [0, 0.1) is 5.95 Å². The highest BCUT2D eigenvalue weighted by Gasteiger charge is 2.04. The van der Waals surface area contributed by atoms with Crippen molar-refractivity contribution in [2.45, 2.75) is 6.73 Å². The number of aromatic nitrogens is 2. The molecule has 0 atom stereocenters. The van der Waals surface area contributed by atoms with E-state index in [0.717, 1.165) is 5.75 Å². The van der Waals surface area contributed by atoms with Crippen molar-refractivity contribution in [1.82, 2.24) is 9.78 Å². The zero-order valence-electron chi connectivity index (χ0n) is 8.86. The summed E-state index contributed by atoms with van der Waals surface area (Å²) in [4.78, 5) is 0. The summed E-state index contributed by atoms with van der Waals surface area (Å²) in [6.45, 7) is 0.868. The van der Waals surface area contributed by atoms with Crippen LogP contribution in [0.15, 0.2) is 12.3 Å². The molecule has 3 nitrogen and oxygen atoms in total. The molecule has 5 heteroatoms. The second kappa shape index (κ2) is 4.79. The van der Waals surface area contributed by atoms with E-state index >= 15 is 0 Å². The molecule has 0 saturated carbocycles. The Balaban J connectivity index is 2.20. The van der Waals surface area contributed by atoms with Gasteiger partial charge >= 0.3 is 0 Å². The van der Waals surface area contributed by atoms with Crippen LogP contribution in [0.2, 0.25) is 0 Å². The van der Waals surface area contributed by atoms with Crippen LogP contribution < -0.4 is 0 Å². The Bertz CT molecular complexity index is 283. The van der Waals surface area contributed by atoms with Crippen LogP contribution in [0.25, 0.3) is 0 Å². The first-order chi connectivity index (χ1) is 6.49. The fraction of sp³-hybridized carbons (Fsp3) is 0.667. The van der Waals surface area contributed by atoms with Gasteiger partial charge in [-0.2, -0.15) is 9.49 Å². The van der Waals surface area contributed by atoms with Crippen LogP contribution in [-0.4, -0.2) is 40.9 Å². The molecule has 0 aliphatic heterocycles. The van der Waals surface area contributed by atoms with Crippen molar-refractivity contribution in [3.05, 3.63) is 18.2 Å². The molecule has 82 valence electrons. The normalized spacial score (nSPS) is 13.1. The van der Waals surface area contributed by atoms with Crippen LogP contribution in [0.5, 0.6) is 0 Å². The van der Waals surface area contributed by atoms with Crippen molar-refractivity contribution in [1.29, 1.82) is 0 Å². The van der Waals surface area contributed by atoms with Gasteiger partial charge in [0.2, 0.25) is 5.95 Å². The van der Waals surface area contributed by atoms with Gasteiger partial charge in [-0.1, -0.05) is 0 Å². The lowest BCUT2D eigenvalue weighted by molar-refractivity contribution is 0.0721. The van der Waals surface area contributed by atoms with Crippen molar-refractivity contribution in [3.8, 4) is 0 Å². The molecule has 0 unspecified atom stereocenters. The molecule has 0 saturated heterocycles. The monoisotopic (exact) mass is 220 g/mol. The van der Waals surface area contributed by atoms with E-state index in [-0.39, 0.29) is 12.7 Å². The van der Waals surface area contributed by atoms with Gasteiger partial charge in [0.15, 0.2) is 0 Å². The maximum atomic E-state index is 12.8. The smallest absolute Gasteiger partial charge is 0.213 e. The summed E-state index contributed by atoms with van der Waals surface area (Å²) in [6.07, 6.45) is 8.11. The molecule has 1 rings (SSSR count). The molecule has 0 aromatic carbocycles. The lowest BCUT2D eigenvalue weighted by atomic mass is 10.7. The van der Waals surface area contributed by atoms with Crippen molar-refractivity contribution in [2.24, 2.45) is 0 Å². The van der Waals surface area contributed by atoms with Gasteiger partial charge in [-0.25, -0.2) is 14.7 Å². The van der Waals surface area contributed by atoms with E-state index in [1.807, 2.05) is 0 Å². The SMILES string of the molecule is CS(C)(C)CCOCn1nccc1F. The Morgan fingerprint density at radius 2 is 2.21 bits per heavy atom. The molecule has 14 heavy (non-hydrogen) atoms. The molecule has 0 amide bonds. The average Bonchev–Trinajstić information content (AvgIpc) is 2.44. The highest BCUT2D eigenvalue weighted by molar-refractivity contribution is 8.32. The molecule has 1 heterocycles. The van der Waals surface area contributed by atoms with Crippen molar-refractivity contribution in [2.75, 3.05) is 31.1 Å². The van der Waals surface area contributed by atoms with Gasteiger partial charge in [-0.15, -0.1) is 0 Å². The van der Waals surface area contributed by atoms with E-state index in [2.05, 4.69) is 23.9 Å². The van der Waals surface area contributed by atoms with Crippen LogP contribution >= 0.6 is 10.0 Å². The summed E-state index contributed by atoms with van der Waals surface area (Å²) in [5.41, 5.74) is 0. The second-order valence-electron chi connectivity index (χ2n) is 3.99. The Kier molecular flexibility index (Phi) is 3.95. The highest BCUT2D eigenvalue weighted by atomic mass is 32.3. The summed E-state index contributed by atoms with van der Waals surface area (Å²) in [7, 11) is -0.524. The van der Waals surface area contributed by atoms with Gasteiger partial charge in [-0.05, 0) is 18.8 Å². The van der Waals surface area contributed by atoms with Crippen LogP contribution in [0.3, 0.4) is 0 Å². The number of ether oxygens (including phenoxy) is 1. The first kappa shape index (κ1) is 11.5. The maximum absolute atomic E-state index is 12.8. The maximum Gasteiger partial charge on any atom is 0.213 e. The third kappa shape index (κ3) is 4.11. The highest BCUT2D eigenvalue weighted by Crippen LogP contribution is 2.33. The third-order valence-corrected chi connectivity index (χ3v) is 3.11. The Morgan fingerprint density at radius 1 is 1.50 bits per heavy atom. The zero-order chi connectivity index (χ0) is 10.6. The molecule has 0 bridgehead atoms. The molecule has 0 aliphatic rings. The van der Waals surface area contributed by atoms with Crippen LogP contribution in [0.4, 0.5) is 4.39 Å². The number of hydrogen-bond donors (Lipinski definition) is 0. The van der Waals surface area contributed by atoms with Crippen molar-refractivity contribution < 1.29 is 9.13 Å². The van der Waals surface area contributed by atoms with E-state index in [4.69, 9.17) is 4.74 Å². The van der Waals surface area contributed by atoms with E-state index in [0.29, 0.717) is 6.61 Å². The third-order valence-electron chi connectivity index (χ3n) is 1.72. The molecular weight excluding hydrogens is 203 g/mol. The minimum Gasteiger partial charge on any atom is -0.358 e. The van der Waals surface area contributed by atoms with Crippen LogP contribution in [0.1, 0.15) is 0 Å². The quantitative estimate of drug-likeness (QED) is 0.706. The summed E-state index contributed by atoms with van der Waals surface area (Å²) in [5.74, 6) is 0.684. The molecule has 0 radical (unpaired) electrons. The number of hydrogen-bond acceptors (Lipinski definition) is 2. The van der Waals surface area contributed by atoms with E-state index in [1.165, 1.54) is 16.9 Å².